The predicted octanol–water partition coefficient (Wildman–Crippen LogP) is 2.02. The summed E-state index contributed by atoms with van der Waals surface area (Å²) in [4.78, 5) is 27.2. The molecule has 2 aliphatic rings. The first-order valence-corrected chi connectivity index (χ1v) is 7.27. The van der Waals surface area contributed by atoms with Crippen molar-refractivity contribution in [3.8, 4) is 0 Å². The molecule has 0 aliphatic carbocycles. The summed E-state index contributed by atoms with van der Waals surface area (Å²) in [5, 5.41) is 9.08. The highest BCUT2D eigenvalue weighted by Gasteiger charge is 2.33. The van der Waals surface area contributed by atoms with Gasteiger partial charge in [0.15, 0.2) is 0 Å². The molecule has 2 saturated heterocycles. The number of amides is 2. The smallest absolute Gasteiger partial charge is 0.320 e. The first-order valence-electron chi connectivity index (χ1n) is 7.27. The van der Waals surface area contributed by atoms with Crippen LogP contribution in [0.1, 0.15) is 39.5 Å². The lowest BCUT2D eigenvalue weighted by Crippen LogP contribution is -2.53. The van der Waals surface area contributed by atoms with E-state index in [4.69, 9.17) is 5.11 Å². The molecule has 2 unspecified atom stereocenters. The number of carbonyl (C=O) groups excluding carboxylic acids is 1. The molecule has 19 heavy (non-hydrogen) atoms. The van der Waals surface area contributed by atoms with E-state index in [-0.39, 0.29) is 12.1 Å². The highest BCUT2D eigenvalue weighted by Crippen LogP contribution is 2.25. The van der Waals surface area contributed by atoms with E-state index in [0.717, 1.165) is 25.8 Å². The minimum Gasteiger partial charge on any atom is -0.481 e. The number of rotatable bonds is 1. The highest BCUT2D eigenvalue weighted by atomic mass is 16.4. The van der Waals surface area contributed by atoms with Crippen molar-refractivity contribution < 1.29 is 14.7 Å². The molecule has 3 atom stereocenters. The third-order valence-electron chi connectivity index (χ3n) is 4.43. The highest BCUT2D eigenvalue weighted by molar-refractivity contribution is 5.77. The van der Waals surface area contributed by atoms with Crippen LogP contribution in [0.2, 0.25) is 0 Å². The van der Waals surface area contributed by atoms with E-state index in [1.54, 1.807) is 4.90 Å². The number of aliphatic carboxylic acids is 1. The van der Waals surface area contributed by atoms with Crippen molar-refractivity contribution in [1.29, 1.82) is 0 Å². The van der Waals surface area contributed by atoms with E-state index < -0.39 is 11.9 Å². The Balaban J connectivity index is 1.97. The fourth-order valence-electron chi connectivity index (χ4n) is 3.23. The molecule has 0 aromatic carbocycles. The number of carboxylic acid groups (broad SMARTS) is 1. The number of carbonyl (C=O) groups is 2. The Labute approximate surface area is 114 Å². The van der Waals surface area contributed by atoms with Crippen molar-refractivity contribution in [2.45, 2.75) is 45.6 Å². The van der Waals surface area contributed by atoms with E-state index in [9.17, 15) is 9.59 Å². The molecule has 108 valence electrons. The zero-order chi connectivity index (χ0) is 14.0. The molecule has 2 amide bonds. The van der Waals surface area contributed by atoms with Gasteiger partial charge in [-0.15, -0.1) is 0 Å². The van der Waals surface area contributed by atoms with Gasteiger partial charge in [0.1, 0.15) is 0 Å². The van der Waals surface area contributed by atoms with Gasteiger partial charge in [0.2, 0.25) is 0 Å². The first-order chi connectivity index (χ1) is 8.99. The van der Waals surface area contributed by atoms with Gasteiger partial charge < -0.3 is 14.9 Å². The number of urea groups is 1. The van der Waals surface area contributed by atoms with Crippen molar-refractivity contribution in [1.82, 2.24) is 9.80 Å². The Morgan fingerprint density at radius 2 is 1.89 bits per heavy atom. The number of likely N-dealkylation sites (tertiary alicyclic amines) is 2. The fraction of sp³-hybridized carbons (Fsp3) is 0.857. The quantitative estimate of drug-likeness (QED) is 0.791. The molecule has 1 N–H and O–H groups in total. The normalized spacial score (nSPS) is 32.2. The number of hydrogen-bond acceptors (Lipinski definition) is 2. The largest absolute Gasteiger partial charge is 0.481 e. The zero-order valence-electron chi connectivity index (χ0n) is 11.8. The van der Waals surface area contributed by atoms with Gasteiger partial charge in [-0.2, -0.15) is 0 Å². The molecule has 0 aromatic rings. The van der Waals surface area contributed by atoms with Crippen molar-refractivity contribution in [2.24, 2.45) is 11.8 Å². The average Bonchev–Trinajstić information content (AvgIpc) is 2.38. The molecule has 5 nitrogen and oxygen atoms in total. The van der Waals surface area contributed by atoms with Gasteiger partial charge in [-0.3, -0.25) is 4.79 Å². The molecular formula is C14H24N2O3. The molecule has 0 aromatic heterocycles. The maximum Gasteiger partial charge on any atom is 0.320 e. The van der Waals surface area contributed by atoms with E-state index in [1.807, 2.05) is 4.90 Å². The van der Waals surface area contributed by atoms with Gasteiger partial charge in [-0.1, -0.05) is 6.92 Å². The summed E-state index contributed by atoms with van der Waals surface area (Å²) in [6.45, 7) is 6.18. The number of hydrogen-bond donors (Lipinski definition) is 1. The Hall–Kier alpha value is -1.26. The van der Waals surface area contributed by atoms with Gasteiger partial charge in [0.05, 0.1) is 5.92 Å². The van der Waals surface area contributed by atoms with Crippen LogP contribution in [0, 0.1) is 11.8 Å². The van der Waals surface area contributed by atoms with Gasteiger partial charge >= 0.3 is 12.0 Å². The molecule has 2 rings (SSSR count). The monoisotopic (exact) mass is 268 g/mol. The lowest BCUT2D eigenvalue weighted by Gasteiger charge is -2.41. The summed E-state index contributed by atoms with van der Waals surface area (Å²) in [7, 11) is 0. The zero-order valence-corrected chi connectivity index (χ0v) is 11.8. The third kappa shape index (κ3) is 3.19. The van der Waals surface area contributed by atoms with Crippen molar-refractivity contribution in [3.63, 3.8) is 0 Å². The maximum absolute atomic E-state index is 12.5. The molecule has 0 bridgehead atoms. The van der Waals surface area contributed by atoms with Crippen molar-refractivity contribution in [3.05, 3.63) is 0 Å². The minimum absolute atomic E-state index is 0.0327. The van der Waals surface area contributed by atoms with Crippen LogP contribution >= 0.6 is 0 Å². The molecule has 2 fully saturated rings. The molecule has 0 spiro atoms. The standard InChI is InChI=1S/C14H24N2O3/c1-10-5-7-16(11(2)8-10)14(19)15-6-3-4-12(9-15)13(17)18/h10-12H,3-9H2,1-2H3,(H,17,18)/t10?,11?,12-/m1/s1. The molecule has 0 saturated carbocycles. The Bertz CT molecular complexity index is 359. The molecule has 2 heterocycles. The van der Waals surface area contributed by atoms with Gasteiger partial charge in [-0.05, 0) is 38.5 Å². The summed E-state index contributed by atoms with van der Waals surface area (Å²) in [6, 6.07) is 0.298. The van der Waals surface area contributed by atoms with Crippen LogP contribution < -0.4 is 0 Å². The van der Waals surface area contributed by atoms with Crippen molar-refractivity contribution >= 4 is 12.0 Å². The van der Waals surface area contributed by atoms with E-state index >= 15 is 0 Å². The van der Waals surface area contributed by atoms with Gasteiger partial charge in [-0.25, -0.2) is 4.79 Å². The second kappa shape index (κ2) is 5.80. The van der Waals surface area contributed by atoms with E-state index in [1.165, 1.54) is 0 Å². The lowest BCUT2D eigenvalue weighted by molar-refractivity contribution is -0.143. The predicted molar refractivity (Wildman–Crippen MR) is 71.9 cm³/mol. The maximum atomic E-state index is 12.5. The van der Waals surface area contributed by atoms with Gasteiger partial charge in [0, 0.05) is 25.7 Å². The van der Waals surface area contributed by atoms with Crippen LogP contribution in [-0.4, -0.2) is 52.6 Å². The SMILES string of the molecule is CC1CCN(C(=O)N2CCC[C@@H](C(=O)O)C2)C(C)C1. The number of nitrogens with zero attached hydrogens (tertiary/aromatic N) is 2. The summed E-state index contributed by atoms with van der Waals surface area (Å²) < 4.78 is 0. The fourth-order valence-corrected chi connectivity index (χ4v) is 3.23. The van der Waals surface area contributed by atoms with Crippen LogP contribution in [0.5, 0.6) is 0 Å². The molecule has 0 radical (unpaired) electrons. The summed E-state index contributed by atoms with van der Waals surface area (Å²) in [6.07, 6.45) is 3.57. The number of piperidine rings is 2. The Kier molecular flexibility index (Phi) is 4.32. The minimum atomic E-state index is -0.780. The topological polar surface area (TPSA) is 60.9 Å². The lowest BCUT2D eigenvalue weighted by atomic mass is 9.93. The Morgan fingerprint density at radius 3 is 2.53 bits per heavy atom. The van der Waals surface area contributed by atoms with Crippen LogP contribution in [0.4, 0.5) is 4.79 Å². The third-order valence-corrected chi connectivity index (χ3v) is 4.43. The average molecular weight is 268 g/mol. The van der Waals surface area contributed by atoms with Gasteiger partial charge in [0.25, 0.3) is 0 Å². The second-order valence-electron chi connectivity index (χ2n) is 6.08. The van der Waals surface area contributed by atoms with Crippen LogP contribution in [0.3, 0.4) is 0 Å². The van der Waals surface area contributed by atoms with Crippen LogP contribution in [0.25, 0.3) is 0 Å². The molecule has 5 heteroatoms. The molecule has 2 aliphatic heterocycles. The van der Waals surface area contributed by atoms with E-state index in [2.05, 4.69) is 13.8 Å². The van der Waals surface area contributed by atoms with E-state index in [0.29, 0.717) is 25.4 Å². The number of carboxylic acids is 1. The summed E-state index contributed by atoms with van der Waals surface area (Å²) >= 11 is 0. The second-order valence-corrected chi connectivity index (χ2v) is 6.08. The Morgan fingerprint density at radius 1 is 1.16 bits per heavy atom. The first kappa shape index (κ1) is 14.2. The van der Waals surface area contributed by atoms with Crippen LogP contribution in [-0.2, 0) is 4.79 Å². The summed E-state index contributed by atoms with van der Waals surface area (Å²) in [5.41, 5.74) is 0. The van der Waals surface area contributed by atoms with Crippen LogP contribution in [0.15, 0.2) is 0 Å². The summed E-state index contributed by atoms with van der Waals surface area (Å²) in [5.74, 6) is -0.498. The molecular weight excluding hydrogens is 244 g/mol. The van der Waals surface area contributed by atoms with Crippen molar-refractivity contribution in [2.75, 3.05) is 19.6 Å².